The van der Waals surface area contributed by atoms with Crippen LogP contribution in [-0.2, 0) is 19.6 Å². The number of hydrogen-bond acceptors (Lipinski definition) is 9. The molecule has 3 heterocycles. The van der Waals surface area contributed by atoms with Gasteiger partial charge < -0.3 is 15.7 Å². The lowest BCUT2D eigenvalue weighted by Crippen LogP contribution is -2.60. The van der Waals surface area contributed by atoms with Crippen LogP contribution >= 0.6 is 0 Å². The number of ketones is 1. The maximum absolute atomic E-state index is 13.9. The Balaban J connectivity index is 2.08. The minimum atomic E-state index is -4.59. The summed E-state index contributed by atoms with van der Waals surface area (Å²) in [5.41, 5.74) is -0.0420. The first-order valence-electron chi connectivity index (χ1n) is 11.3. The molecular weight excluding hydrogens is 474 g/mol. The molecule has 1 aliphatic rings. The second kappa shape index (κ2) is 11.5. The number of pyridine rings is 2. The lowest BCUT2D eigenvalue weighted by Gasteiger charge is -2.35. The molecule has 1 fully saturated rings. The van der Waals surface area contributed by atoms with Crippen molar-refractivity contribution in [1.82, 2.24) is 24.9 Å². The van der Waals surface area contributed by atoms with E-state index in [2.05, 4.69) is 20.6 Å². The molecule has 2 unspecified atom stereocenters. The molecule has 2 aromatic heterocycles. The first-order valence-corrected chi connectivity index (χ1v) is 12.7. The molecule has 0 aromatic carbocycles. The van der Waals surface area contributed by atoms with Gasteiger partial charge in [-0.2, -0.15) is 8.42 Å². The van der Waals surface area contributed by atoms with Crippen molar-refractivity contribution < 1.29 is 27.9 Å². The molecule has 188 valence electrons. The number of carbonyl (C=O) groups is 3. The molecule has 0 aliphatic carbocycles. The second-order valence-corrected chi connectivity index (χ2v) is 10.2. The Bertz CT molecular complexity index is 1140. The van der Waals surface area contributed by atoms with Crippen molar-refractivity contribution in [3.8, 4) is 0 Å². The molecule has 12 heteroatoms. The van der Waals surface area contributed by atoms with Gasteiger partial charge in [0.05, 0.1) is 12.1 Å². The molecule has 3 N–H and O–H groups in total. The maximum Gasteiger partial charge on any atom is 0.284 e. The summed E-state index contributed by atoms with van der Waals surface area (Å²) in [5, 5.41) is 15.7. The number of nitrogens with zero attached hydrogens (tertiary/aromatic N) is 3. The summed E-state index contributed by atoms with van der Waals surface area (Å²) in [6.07, 6.45) is 2.04. The molecule has 0 spiro atoms. The minimum Gasteiger partial charge on any atom is -0.390 e. The number of amides is 2. The highest BCUT2D eigenvalue weighted by molar-refractivity contribution is 7.89. The minimum absolute atomic E-state index is 0.0420. The van der Waals surface area contributed by atoms with Crippen molar-refractivity contribution in [3.05, 3.63) is 54.5 Å². The third kappa shape index (κ3) is 6.08. The molecule has 2 amide bonds. The van der Waals surface area contributed by atoms with E-state index in [1.807, 2.05) is 0 Å². The average molecular weight is 504 g/mol. The standard InChI is InChI=1S/C23H29N5O6S/c1-15(2)21(30)20(27-22(31)16-8-3-5-12-25-16)23(32)28(17-9-7-11-24-14-18(17)29)35(33,34)19-10-4-6-13-26-19/h3-6,8,10,12-13,15,17-18,20,24,29H,7,9,11,14H2,1-2H3,(H,27,31)/t17?,18-,20?/m0/s1. The number of aromatic nitrogens is 2. The Hall–Kier alpha value is -3.22. The summed E-state index contributed by atoms with van der Waals surface area (Å²) in [7, 11) is -4.59. The van der Waals surface area contributed by atoms with Crippen molar-refractivity contribution in [2.75, 3.05) is 13.1 Å². The fourth-order valence-corrected chi connectivity index (χ4v) is 5.36. The van der Waals surface area contributed by atoms with Crippen LogP contribution in [0.3, 0.4) is 0 Å². The zero-order valence-corrected chi connectivity index (χ0v) is 20.3. The van der Waals surface area contributed by atoms with Crippen molar-refractivity contribution in [1.29, 1.82) is 0 Å². The number of rotatable bonds is 8. The Morgan fingerprint density at radius 1 is 1.11 bits per heavy atom. The van der Waals surface area contributed by atoms with Crippen LogP contribution in [0.4, 0.5) is 0 Å². The Labute approximate surface area is 204 Å². The smallest absolute Gasteiger partial charge is 0.284 e. The molecule has 0 bridgehead atoms. The van der Waals surface area contributed by atoms with Crippen LogP contribution < -0.4 is 10.6 Å². The van der Waals surface area contributed by atoms with E-state index in [-0.39, 0.29) is 18.7 Å². The van der Waals surface area contributed by atoms with Gasteiger partial charge in [-0.25, -0.2) is 9.29 Å². The monoisotopic (exact) mass is 503 g/mol. The van der Waals surface area contributed by atoms with Gasteiger partial charge in [-0.05, 0) is 43.7 Å². The van der Waals surface area contributed by atoms with E-state index < -0.39 is 56.8 Å². The predicted molar refractivity (Wildman–Crippen MR) is 126 cm³/mol. The van der Waals surface area contributed by atoms with E-state index in [4.69, 9.17) is 0 Å². The number of sulfonamides is 1. The molecule has 2 aromatic rings. The molecule has 1 saturated heterocycles. The molecule has 3 atom stereocenters. The molecule has 0 radical (unpaired) electrons. The number of nitrogens with one attached hydrogen (secondary N) is 2. The molecule has 0 saturated carbocycles. The van der Waals surface area contributed by atoms with Gasteiger partial charge in [0.2, 0.25) is 0 Å². The van der Waals surface area contributed by atoms with Crippen LogP contribution in [0, 0.1) is 5.92 Å². The first-order chi connectivity index (χ1) is 16.6. The number of aliphatic hydroxyl groups excluding tert-OH is 1. The van der Waals surface area contributed by atoms with Crippen LogP contribution in [-0.4, -0.2) is 76.7 Å². The van der Waals surface area contributed by atoms with Gasteiger partial charge in [0.1, 0.15) is 5.69 Å². The van der Waals surface area contributed by atoms with E-state index in [9.17, 15) is 27.9 Å². The van der Waals surface area contributed by atoms with Gasteiger partial charge in [-0.3, -0.25) is 19.4 Å². The highest BCUT2D eigenvalue weighted by atomic mass is 32.2. The summed E-state index contributed by atoms with van der Waals surface area (Å²) in [6.45, 7) is 3.65. The maximum atomic E-state index is 13.9. The predicted octanol–water partition coefficient (Wildman–Crippen LogP) is 0.131. The highest BCUT2D eigenvalue weighted by Crippen LogP contribution is 2.24. The van der Waals surface area contributed by atoms with Crippen LogP contribution in [0.1, 0.15) is 37.2 Å². The van der Waals surface area contributed by atoms with Crippen LogP contribution in [0.2, 0.25) is 0 Å². The fraction of sp³-hybridized carbons (Fsp3) is 0.435. The highest BCUT2D eigenvalue weighted by Gasteiger charge is 2.45. The van der Waals surface area contributed by atoms with E-state index in [0.29, 0.717) is 17.3 Å². The topological polar surface area (TPSA) is 159 Å². The van der Waals surface area contributed by atoms with Gasteiger partial charge in [0.15, 0.2) is 16.9 Å². The summed E-state index contributed by atoms with van der Waals surface area (Å²) in [6, 6.07) is 5.78. The normalized spacial score (nSPS) is 19.4. The van der Waals surface area contributed by atoms with E-state index in [0.717, 1.165) is 0 Å². The van der Waals surface area contributed by atoms with E-state index in [1.54, 1.807) is 12.1 Å². The third-order valence-electron chi connectivity index (χ3n) is 5.60. The number of β-amino-alcohol motifs (C(OH)–C–C–N with tert-alkyl or cyclic N) is 1. The van der Waals surface area contributed by atoms with Gasteiger partial charge in [-0.1, -0.05) is 26.0 Å². The third-order valence-corrected chi connectivity index (χ3v) is 7.34. The second-order valence-electron chi connectivity index (χ2n) is 8.47. The number of aliphatic hydroxyl groups is 1. The molecule has 3 rings (SSSR count). The Morgan fingerprint density at radius 3 is 2.40 bits per heavy atom. The molecule has 11 nitrogen and oxygen atoms in total. The lowest BCUT2D eigenvalue weighted by atomic mass is 9.99. The average Bonchev–Trinajstić information content (AvgIpc) is 3.07. The lowest BCUT2D eigenvalue weighted by molar-refractivity contribution is -0.138. The molecule has 1 aliphatic heterocycles. The first kappa shape index (κ1) is 26.4. The van der Waals surface area contributed by atoms with Crippen LogP contribution in [0.25, 0.3) is 0 Å². The number of Topliss-reactive ketones (excluding diaryl/α,β-unsaturated/α-hetero) is 1. The Morgan fingerprint density at radius 2 is 1.80 bits per heavy atom. The van der Waals surface area contributed by atoms with Gasteiger partial charge in [0.25, 0.3) is 21.8 Å². The van der Waals surface area contributed by atoms with Crippen molar-refractivity contribution in [2.45, 2.75) is 49.9 Å². The summed E-state index contributed by atoms with van der Waals surface area (Å²) >= 11 is 0. The van der Waals surface area contributed by atoms with Crippen LogP contribution in [0.5, 0.6) is 0 Å². The van der Waals surface area contributed by atoms with Crippen molar-refractivity contribution >= 4 is 27.6 Å². The zero-order valence-electron chi connectivity index (χ0n) is 19.5. The quantitative estimate of drug-likeness (QED) is 0.426. The van der Waals surface area contributed by atoms with Crippen molar-refractivity contribution in [2.24, 2.45) is 5.92 Å². The number of carbonyl (C=O) groups excluding carboxylic acids is 3. The van der Waals surface area contributed by atoms with Gasteiger partial charge in [-0.15, -0.1) is 0 Å². The van der Waals surface area contributed by atoms with Gasteiger partial charge in [0, 0.05) is 24.9 Å². The van der Waals surface area contributed by atoms with Crippen LogP contribution in [0.15, 0.2) is 53.8 Å². The Kier molecular flexibility index (Phi) is 8.65. The zero-order chi connectivity index (χ0) is 25.6. The fourth-order valence-electron chi connectivity index (χ4n) is 3.77. The summed E-state index contributed by atoms with van der Waals surface area (Å²) in [5.74, 6) is -3.35. The van der Waals surface area contributed by atoms with E-state index in [1.165, 1.54) is 50.5 Å². The largest absolute Gasteiger partial charge is 0.390 e. The summed E-state index contributed by atoms with van der Waals surface area (Å²) in [4.78, 5) is 47.6. The molecule has 35 heavy (non-hydrogen) atoms. The molecular formula is C23H29N5O6S. The van der Waals surface area contributed by atoms with E-state index >= 15 is 0 Å². The van der Waals surface area contributed by atoms with Crippen molar-refractivity contribution in [3.63, 3.8) is 0 Å². The van der Waals surface area contributed by atoms with Gasteiger partial charge >= 0.3 is 0 Å². The summed E-state index contributed by atoms with van der Waals surface area (Å²) < 4.78 is 27.8. The SMILES string of the molecule is CC(C)C(=O)C(NC(=O)c1ccccn1)C(=O)N(C1CCCNC[C@@H]1O)S(=O)(=O)c1ccccn1. The number of hydrogen-bond donors (Lipinski definition) is 3.